The van der Waals surface area contributed by atoms with E-state index in [2.05, 4.69) is 9.97 Å². The summed E-state index contributed by atoms with van der Waals surface area (Å²) in [6, 6.07) is 12.5. The maximum Gasteiger partial charge on any atom is 0.259 e. The molecule has 0 radical (unpaired) electrons. The molecule has 0 saturated heterocycles. The molecule has 0 aliphatic carbocycles. The normalized spacial score (nSPS) is 10.8. The van der Waals surface area contributed by atoms with Crippen LogP contribution in [0.3, 0.4) is 0 Å². The Balaban J connectivity index is 2.25. The number of nitrogens with zero attached hydrogens (tertiary/aromatic N) is 1. The van der Waals surface area contributed by atoms with Crippen molar-refractivity contribution in [3.8, 4) is 17.1 Å². The molecule has 3 rings (SSSR count). The number of aromatic amines is 1. The molecule has 0 bridgehead atoms. The van der Waals surface area contributed by atoms with E-state index in [1.54, 1.807) is 30.3 Å². The minimum atomic E-state index is -0.182. The van der Waals surface area contributed by atoms with Crippen molar-refractivity contribution >= 4 is 22.5 Å². The van der Waals surface area contributed by atoms with E-state index in [9.17, 15) is 4.79 Å². The van der Waals surface area contributed by atoms with Gasteiger partial charge in [-0.3, -0.25) is 4.79 Å². The molecule has 3 aromatic rings. The molecule has 0 aliphatic rings. The Morgan fingerprint density at radius 3 is 2.86 bits per heavy atom. The number of rotatable bonds is 3. The average molecular weight is 301 g/mol. The molecule has 0 aliphatic heterocycles. The fourth-order valence-electron chi connectivity index (χ4n) is 2.18. The molecule has 4 nitrogen and oxygen atoms in total. The maximum absolute atomic E-state index is 12.2. The summed E-state index contributed by atoms with van der Waals surface area (Å²) in [6.07, 6.45) is 0. The average Bonchev–Trinajstić information content (AvgIpc) is 2.49. The zero-order valence-electron chi connectivity index (χ0n) is 11.4. The molecular formula is C16H13ClN2O2. The quantitative estimate of drug-likeness (QED) is 0.803. The standard InChI is InChI=1S/C16H13ClN2O2/c1-2-21-14-8-7-10(17)9-12(14)15-18-13-6-4-3-5-11(13)16(20)19-15/h3-9H,2H2,1H3,(H,18,19,20). The number of H-pyrrole nitrogens is 1. The molecule has 1 N–H and O–H groups in total. The summed E-state index contributed by atoms with van der Waals surface area (Å²) < 4.78 is 5.58. The van der Waals surface area contributed by atoms with Crippen LogP contribution in [-0.4, -0.2) is 16.6 Å². The SMILES string of the molecule is CCOc1ccc(Cl)cc1-c1nc2ccccc2c(=O)[nH]1. The van der Waals surface area contributed by atoms with Gasteiger partial charge in [0.05, 0.1) is 23.1 Å². The van der Waals surface area contributed by atoms with Crippen LogP contribution >= 0.6 is 11.6 Å². The molecule has 5 heteroatoms. The molecule has 0 unspecified atom stereocenters. The number of ether oxygens (including phenoxy) is 1. The van der Waals surface area contributed by atoms with Crippen LogP contribution in [0.4, 0.5) is 0 Å². The van der Waals surface area contributed by atoms with E-state index >= 15 is 0 Å². The van der Waals surface area contributed by atoms with E-state index in [1.807, 2.05) is 19.1 Å². The predicted octanol–water partition coefficient (Wildman–Crippen LogP) is 3.64. The molecule has 1 heterocycles. The summed E-state index contributed by atoms with van der Waals surface area (Å²) in [6.45, 7) is 2.42. The lowest BCUT2D eigenvalue weighted by atomic mass is 10.1. The van der Waals surface area contributed by atoms with Gasteiger partial charge in [0, 0.05) is 5.02 Å². The monoisotopic (exact) mass is 300 g/mol. The van der Waals surface area contributed by atoms with Crippen molar-refractivity contribution in [2.45, 2.75) is 6.92 Å². The number of hydrogen-bond donors (Lipinski definition) is 1. The number of nitrogens with one attached hydrogen (secondary N) is 1. The van der Waals surface area contributed by atoms with Gasteiger partial charge in [0.25, 0.3) is 5.56 Å². The minimum absolute atomic E-state index is 0.182. The minimum Gasteiger partial charge on any atom is -0.493 e. The Kier molecular flexibility index (Phi) is 3.62. The fraction of sp³-hybridized carbons (Fsp3) is 0.125. The lowest BCUT2D eigenvalue weighted by molar-refractivity contribution is 0.341. The zero-order chi connectivity index (χ0) is 14.8. The number of hydrogen-bond acceptors (Lipinski definition) is 3. The lowest BCUT2D eigenvalue weighted by Gasteiger charge is -2.10. The van der Waals surface area contributed by atoms with Gasteiger partial charge in [-0.1, -0.05) is 23.7 Å². The van der Waals surface area contributed by atoms with Gasteiger partial charge in [0.2, 0.25) is 0 Å². The van der Waals surface area contributed by atoms with Crippen molar-refractivity contribution in [1.82, 2.24) is 9.97 Å². The highest BCUT2D eigenvalue weighted by molar-refractivity contribution is 6.30. The van der Waals surface area contributed by atoms with E-state index in [-0.39, 0.29) is 5.56 Å². The smallest absolute Gasteiger partial charge is 0.259 e. The van der Waals surface area contributed by atoms with Gasteiger partial charge >= 0.3 is 0 Å². The number of halogens is 1. The number of fused-ring (bicyclic) bond motifs is 1. The van der Waals surface area contributed by atoms with E-state index in [0.29, 0.717) is 39.7 Å². The molecule has 0 fully saturated rings. The van der Waals surface area contributed by atoms with Gasteiger partial charge in [-0.2, -0.15) is 0 Å². The van der Waals surface area contributed by atoms with Gasteiger partial charge < -0.3 is 9.72 Å². The van der Waals surface area contributed by atoms with Crippen LogP contribution in [0.1, 0.15) is 6.92 Å². The van der Waals surface area contributed by atoms with E-state index in [0.717, 1.165) is 0 Å². The van der Waals surface area contributed by atoms with E-state index in [1.165, 1.54) is 0 Å². The Labute approximate surface area is 126 Å². The topological polar surface area (TPSA) is 55.0 Å². The molecule has 0 atom stereocenters. The molecule has 0 amide bonds. The number of para-hydroxylation sites is 1. The van der Waals surface area contributed by atoms with Gasteiger partial charge in [0.1, 0.15) is 11.6 Å². The Morgan fingerprint density at radius 1 is 1.24 bits per heavy atom. The van der Waals surface area contributed by atoms with Crippen LogP contribution in [0.15, 0.2) is 47.3 Å². The van der Waals surface area contributed by atoms with Crippen LogP contribution in [0.5, 0.6) is 5.75 Å². The second-order valence-electron chi connectivity index (χ2n) is 4.51. The molecule has 21 heavy (non-hydrogen) atoms. The highest BCUT2D eigenvalue weighted by atomic mass is 35.5. The second-order valence-corrected chi connectivity index (χ2v) is 4.94. The van der Waals surface area contributed by atoms with Gasteiger partial charge in [-0.15, -0.1) is 0 Å². The van der Waals surface area contributed by atoms with Crippen LogP contribution < -0.4 is 10.3 Å². The van der Waals surface area contributed by atoms with Crippen LogP contribution in [0, 0.1) is 0 Å². The second kappa shape index (κ2) is 5.58. The summed E-state index contributed by atoms with van der Waals surface area (Å²) >= 11 is 6.05. The van der Waals surface area contributed by atoms with E-state index in [4.69, 9.17) is 16.3 Å². The predicted molar refractivity (Wildman–Crippen MR) is 84.0 cm³/mol. The molecule has 1 aromatic heterocycles. The first kappa shape index (κ1) is 13.6. The first-order valence-corrected chi connectivity index (χ1v) is 6.98. The van der Waals surface area contributed by atoms with Crippen molar-refractivity contribution in [3.63, 3.8) is 0 Å². The van der Waals surface area contributed by atoms with E-state index < -0.39 is 0 Å². The van der Waals surface area contributed by atoms with Crippen molar-refractivity contribution < 1.29 is 4.74 Å². The molecule has 2 aromatic carbocycles. The first-order chi connectivity index (χ1) is 10.2. The van der Waals surface area contributed by atoms with Crippen LogP contribution in [0.25, 0.3) is 22.3 Å². The number of benzene rings is 2. The Bertz CT molecular complexity index is 858. The first-order valence-electron chi connectivity index (χ1n) is 6.61. The molecular weight excluding hydrogens is 288 g/mol. The summed E-state index contributed by atoms with van der Waals surface area (Å²) in [5.74, 6) is 1.09. The fourth-order valence-corrected chi connectivity index (χ4v) is 2.35. The maximum atomic E-state index is 12.2. The molecule has 0 spiro atoms. The number of aromatic nitrogens is 2. The molecule has 0 saturated carbocycles. The highest BCUT2D eigenvalue weighted by Crippen LogP contribution is 2.30. The van der Waals surface area contributed by atoms with Gasteiger partial charge in [-0.05, 0) is 37.3 Å². The van der Waals surface area contributed by atoms with Crippen molar-refractivity contribution in [2.24, 2.45) is 0 Å². The summed E-state index contributed by atoms with van der Waals surface area (Å²) in [5, 5.41) is 1.12. The summed E-state index contributed by atoms with van der Waals surface area (Å²) in [5.41, 5.74) is 1.13. The summed E-state index contributed by atoms with van der Waals surface area (Å²) in [7, 11) is 0. The lowest BCUT2D eigenvalue weighted by Crippen LogP contribution is -2.10. The molecule has 106 valence electrons. The Hall–Kier alpha value is -2.33. The summed E-state index contributed by atoms with van der Waals surface area (Å²) in [4.78, 5) is 19.4. The van der Waals surface area contributed by atoms with Crippen LogP contribution in [-0.2, 0) is 0 Å². The third kappa shape index (κ3) is 2.62. The third-order valence-corrected chi connectivity index (χ3v) is 3.34. The van der Waals surface area contributed by atoms with Crippen molar-refractivity contribution in [3.05, 3.63) is 57.8 Å². The van der Waals surface area contributed by atoms with Crippen molar-refractivity contribution in [1.29, 1.82) is 0 Å². The van der Waals surface area contributed by atoms with Crippen LogP contribution in [0.2, 0.25) is 5.02 Å². The Morgan fingerprint density at radius 2 is 2.05 bits per heavy atom. The third-order valence-electron chi connectivity index (χ3n) is 3.11. The van der Waals surface area contributed by atoms with Crippen molar-refractivity contribution in [2.75, 3.05) is 6.61 Å². The highest BCUT2D eigenvalue weighted by Gasteiger charge is 2.11. The zero-order valence-corrected chi connectivity index (χ0v) is 12.1. The van der Waals surface area contributed by atoms with Gasteiger partial charge in [-0.25, -0.2) is 4.98 Å². The van der Waals surface area contributed by atoms with Gasteiger partial charge in [0.15, 0.2) is 0 Å². The largest absolute Gasteiger partial charge is 0.493 e.